The molecule has 188 valence electrons. The van der Waals surface area contributed by atoms with E-state index in [-0.39, 0.29) is 23.5 Å². The maximum atomic E-state index is 12.6. The lowest BCUT2D eigenvalue weighted by atomic mass is 10.0. The number of amides is 1. The number of rotatable bonds is 9. The number of thioether (sulfide) groups is 1. The van der Waals surface area contributed by atoms with E-state index in [1.807, 2.05) is 13.0 Å². The molecular formula is C24H19ClN6O5S. The Bertz CT molecular complexity index is 1490. The van der Waals surface area contributed by atoms with Gasteiger partial charge in [0.15, 0.2) is 0 Å². The van der Waals surface area contributed by atoms with Gasteiger partial charge in [0.2, 0.25) is 11.1 Å². The molecule has 0 aliphatic heterocycles. The Morgan fingerprint density at radius 1 is 1.11 bits per heavy atom. The predicted molar refractivity (Wildman–Crippen MR) is 138 cm³/mol. The second kappa shape index (κ2) is 11.2. The van der Waals surface area contributed by atoms with Crippen molar-refractivity contribution in [1.82, 2.24) is 20.2 Å². The summed E-state index contributed by atoms with van der Waals surface area (Å²) in [6, 6.07) is 16.5. The van der Waals surface area contributed by atoms with Gasteiger partial charge in [-0.2, -0.15) is 4.68 Å². The third-order valence-corrected chi connectivity index (χ3v) is 6.44. The number of halogens is 1. The Balaban J connectivity index is 1.46. The van der Waals surface area contributed by atoms with Gasteiger partial charge in [-0.3, -0.25) is 19.7 Å². The van der Waals surface area contributed by atoms with Crippen LogP contribution >= 0.6 is 23.4 Å². The number of hydrogen-bond donors (Lipinski definition) is 2. The highest BCUT2D eigenvalue weighted by molar-refractivity contribution is 7.99. The number of nitrogens with one attached hydrogen (secondary N) is 1. The largest absolute Gasteiger partial charge is 0.481 e. The smallest absolute Gasteiger partial charge is 0.307 e. The molecular weight excluding hydrogens is 520 g/mol. The van der Waals surface area contributed by atoms with Gasteiger partial charge in [-0.05, 0) is 57.8 Å². The second-order valence-electron chi connectivity index (χ2n) is 7.92. The number of carbonyl (C=O) groups excluding carboxylic acids is 1. The van der Waals surface area contributed by atoms with Crippen LogP contribution in [0.3, 0.4) is 0 Å². The van der Waals surface area contributed by atoms with Gasteiger partial charge in [0, 0.05) is 6.07 Å². The van der Waals surface area contributed by atoms with Crippen LogP contribution < -0.4 is 5.32 Å². The van der Waals surface area contributed by atoms with Crippen molar-refractivity contribution in [2.24, 2.45) is 0 Å². The van der Waals surface area contributed by atoms with Gasteiger partial charge in [0.05, 0.1) is 27.8 Å². The van der Waals surface area contributed by atoms with Crippen molar-refractivity contribution < 1.29 is 19.6 Å². The number of nitro groups is 1. The summed E-state index contributed by atoms with van der Waals surface area (Å²) in [5, 5.41) is 35.5. The fourth-order valence-corrected chi connectivity index (χ4v) is 4.48. The quantitative estimate of drug-likeness (QED) is 0.177. The van der Waals surface area contributed by atoms with E-state index >= 15 is 0 Å². The predicted octanol–water partition coefficient (Wildman–Crippen LogP) is 4.56. The number of nitro benzene ring substituents is 1. The van der Waals surface area contributed by atoms with Gasteiger partial charge in [-0.15, -0.1) is 5.10 Å². The molecule has 0 atom stereocenters. The number of carbonyl (C=O) groups is 2. The highest BCUT2D eigenvalue weighted by Gasteiger charge is 2.19. The molecule has 0 fully saturated rings. The lowest BCUT2D eigenvalue weighted by Gasteiger charge is -2.09. The topological polar surface area (TPSA) is 153 Å². The van der Waals surface area contributed by atoms with Gasteiger partial charge < -0.3 is 10.4 Å². The maximum absolute atomic E-state index is 12.6. The molecule has 0 radical (unpaired) electrons. The zero-order valence-electron chi connectivity index (χ0n) is 19.3. The molecule has 0 spiro atoms. The van der Waals surface area contributed by atoms with Crippen molar-refractivity contribution in [3.8, 4) is 16.8 Å². The number of nitrogens with zero attached hydrogens (tertiary/aromatic N) is 5. The molecule has 0 bridgehead atoms. The van der Waals surface area contributed by atoms with Gasteiger partial charge in [0.1, 0.15) is 5.69 Å². The summed E-state index contributed by atoms with van der Waals surface area (Å²) < 4.78 is 1.42. The molecule has 37 heavy (non-hydrogen) atoms. The number of aliphatic carboxylic acids is 1. The molecule has 1 heterocycles. The first-order valence-corrected chi connectivity index (χ1v) is 12.1. The molecule has 3 aromatic carbocycles. The molecule has 0 saturated carbocycles. The Morgan fingerprint density at radius 2 is 1.84 bits per heavy atom. The molecule has 13 heteroatoms. The van der Waals surface area contributed by atoms with E-state index < -0.39 is 16.8 Å². The summed E-state index contributed by atoms with van der Waals surface area (Å²) in [7, 11) is 0. The Kier molecular flexibility index (Phi) is 7.80. The number of anilines is 1. The molecule has 4 rings (SSSR count). The maximum Gasteiger partial charge on any atom is 0.307 e. The number of hydrogen-bond acceptors (Lipinski definition) is 8. The van der Waals surface area contributed by atoms with Crippen molar-refractivity contribution in [2.75, 3.05) is 11.1 Å². The SMILES string of the molecule is Cc1ccc(-n2nnnc2SCC(=O)Nc2ccc(-c3ccc(CC(=O)O)cc3)cc2[N+](=O)[O-])c(Cl)c1. The number of aryl methyl sites for hydroxylation is 1. The molecule has 0 aliphatic carbocycles. The van der Waals surface area contributed by atoms with E-state index in [2.05, 4.69) is 20.8 Å². The molecule has 4 aromatic rings. The molecule has 2 N–H and O–H groups in total. The van der Waals surface area contributed by atoms with Crippen LogP contribution in [-0.4, -0.2) is 47.9 Å². The molecule has 1 aromatic heterocycles. The summed E-state index contributed by atoms with van der Waals surface area (Å²) in [6.45, 7) is 1.90. The van der Waals surface area contributed by atoms with E-state index in [1.165, 1.54) is 16.8 Å². The Morgan fingerprint density at radius 3 is 2.51 bits per heavy atom. The van der Waals surface area contributed by atoms with Crippen LogP contribution in [0.5, 0.6) is 0 Å². The number of carboxylic acid groups (broad SMARTS) is 1. The first-order chi connectivity index (χ1) is 17.7. The zero-order valence-corrected chi connectivity index (χ0v) is 20.9. The first-order valence-electron chi connectivity index (χ1n) is 10.8. The van der Waals surface area contributed by atoms with Gasteiger partial charge in [0.25, 0.3) is 5.69 Å². The summed E-state index contributed by atoms with van der Waals surface area (Å²) in [4.78, 5) is 34.6. The number of benzene rings is 3. The molecule has 0 unspecified atom stereocenters. The molecule has 1 amide bonds. The monoisotopic (exact) mass is 538 g/mol. The zero-order chi connectivity index (χ0) is 26.5. The van der Waals surface area contributed by atoms with Gasteiger partial charge in [-0.1, -0.05) is 59.8 Å². The van der Waals surface area contributed by atoms with E-state index in [4.69, 9.17) is 16.7 Å². The molecule has 0 aliphatic rings. The van der Waals surface area contributed by atoms with Crippen molar-refractivity contribution in [3.05, 3.63) is 86.9 Å². The first kappa shape index (κ1) is 25.8. The third kappa shape index (κ3) is 6.29. The van der Waals surface area contributed by atoms with Crippen LogP contribution in [0, 0.1) is 17.0 Å². The van der Waals surface area contributed by atoms with Gasteiger partial charge in [-0.25, -0.2) is 0 Å². The fourth-order valence-electron chi connectivity index (χ4n) is 3.48. The van der Waals surface area contributed by atoms with E-state index in [1.54, 1.807) is 42.5 Å². The molecule has 0 saturated heterocycles. The van der Waals surface area contributed by atoms with Crippen LogP contribution in [0.1, 0.15) is 11.1 Å². The number of carboxylic acids is 1. The minimum atomic E-state index is -0.947. The van der Waals surface area contributed by atoms with Crippen molar-refractivity contribution in [3.63, 3.8) is 0 Å². The van der Waals surface area contributed by atoms with Crippen LogP contribution in [-0.2, 0) is 16.0 Å². The molecule has 11 nitrogen and oxygen atoms in total. The minimum absolute atomic E-state index is 0.0445. The highest BCUT2D eigenvalue weighted by atomic mass is 35.5. The van der Waals surface area contributed by atoms with Gasteiger partial charge >= 0.3 is 5.97 Å². The van der Waals surface area contributed by atoms with Crippen LogP contribution in [0.25, 0.3) is 16.8 Å². The van der Waals surface area contributed by atoms with Crippen LogP contribution in [0.2, 0.25) is 5.02 Å². The highest BCUT2D eigenvalue weighted by Crippen LogP contribution is 2.31. The summed E-state index contributed by atoms with van der Waals surface area (Å²) >= 11 is 7.36. The number of tetrazole rings is 1. The second-order valence-corrected chi connectivity index (χ2v) is 9.27. The number of aromatic nitrogens is 4. The standard InChI is InChI=1S/C24H19ClN6O5S/c1-14-2-9-20(18(25)10-14)30-24(27-28-29-30)37-13-22(32)26-19-8-7-17(12-21(19)31(35)36)16-5-3-15(4-6-16)11-23(33)34/h2-10,12H,11,13H2,1H3,(H,26,32)(H,33,34). The normalized spacial score (nSPS) is 10.8. The van der Waals surface area contributed by atoms with E-state index in [9.17, 15) is 19.7 Å². The summed E-state index contributed by atoms with van der Waals surface area (Å²) in [6.07, 6.45) is -0.117. The lowest BCUT2D eigenvalue weighted by Crippen LogP contribution is -2.15. The third-order valence-electron chi connectivity index (χ3n) is 5.22. The van der Waals surface area contributed by atoms with Crippen molar-refractivity contribution in [2.45, 2.75) is 18.5 Å². The van der Waals surface area contributed by atoms with Crippen molar-refractivity contribution in [1.29, 1.82) is 0 Å². The minimum Gasteiger partial charge on any atom is -0.481 e. The Labute approximate surface area is 219 Å². The van der Waals surface area contributed by atoms with Crippen LogP contribution in [0.4, 0.5) is 11.4 Å². The van der Waals surface area contributed by atoms with E-state index in [0.717, 1.165) is 17.3 Å². The summed E-state index contributed by atoms with van der Waals surface area (Å²) in [5.41, 5.74) is 3.13. The van der Waals surface area contributed by atoms with Crippen LogP contribution in [0.15, 0.2) is 65.8 Å². The Hall–Kier alpha value is -4.29. The van der Waals surface area contributed by atoms with E-state index in [0.29, 0.717) is 32.6 Å². The summed E-state index contributed by atoms with van der Waals surface area (Å²) in [5.74, 6) is -1.53. The lowest BCUT2D eigenvalue weighted by molar-refractivity contribution is -0.383. The fraction of sp³-hybridized carbons (Fsp3) is 0.125. The van der Waals surface area contributed by atoms with Crippen molar-refractivity contribution >= 4 is 46.6 Å². The average molecular weight is 539 g/mol. The average Bonchev–Trinajstić information content (AvgIpc) is 3.31.